The highest BCUT2D eigenvalue weighted by molar-refractivity contribution is 5.74. The van der Waals surface area contributed by atoms with Gasteiger partial charge in [-0.3, -0.25) is 0 Å². The third-order valence-electron chi connectivity index (χ3n) is 3.93. The van der Waals surface area contributed by atoms with Crippen LogP contribution < -0.4 is 15.4 Å². The fourth-order valence-electron chi connectivity index (χ4n) is 2.60. The van der Waals surface area contributed by atoms with Gasteiger partial charge < -0.3 is 25.2 Å². The van der Waals surface area contributed by atoms with Gasteiger partial charge in [0.05, 0.1) is 19.3 Å². The largest absolute Gasteiger partial charge is 0.493 e. The Kier molecular flexibility index (Phi) is 6.03. The minimum atomic E-state index is -0.306. The van der Waals surface area contributed by atoms with E-state index in [0.717, 1.165) is 11.3 Å². The zero-order valence-electron chi connectivity index (χ0n) is 13.0. The fraction of sp³-hybridized carbons (Fsp3) is 0.562. The highest BCUT2D eigenvalue weighted by Crippen LogP contribution is 2.35. The Morgan fingerprint density at radius 3 is 2.95 bits per heavy atom. The van der Waals surface area contributed by atoms with Gasteiger partial charge >= 0.3 is 6.03 Å². The summed E-state index contributed by atoms with van der Waals surface area (Å²) in [4.78, 5) is 12.0. The SMILES string of the molecule is COCC[C@H](CO)NC(=O)N[C@@H](C)[C@@H]1COc2ccccc21. The van der Waals surface area contributed by atoms with E-state index in [1.54, 1.807) is 7.11 Å². The number of ether oxygens (including phenoxy) is 2. The molecule has 1 heterocycles. The Hall–Kier alpha value is -1.79. The number of hydrogen-bond donors (Lipinski definition) is 3. The maximum absolute atomic E-state index is 12.0. The highest BCUT2D eigenvalue weighted by atomic mass is 16.5. The van der Waals surface area contributed by atoms with E-state index in [1.807, 2.05) is 31.2 Å². The molecule has 0 fully saturated rings. The number of aliphatic hydroxyl groups excluding tert-OH is 1. The zero-order chi connectivity index (χ0) is 15.9. The van der Waals surface area contributed by atoms with Crippen molar-refractivity contribution >= 4 is 6.03 Å². The number of para-hydroxylation sites is 1. The molecular weight excluding hydrogens is 284 g/mol. The molecule has 3 atom stereocenters. The third kappa shape index (κ3) is 4.11. The van der Waals surface area contributed by atoms with Crippen LogP contribution >= 0.6 is 0 Å². The number of amides is 2. The summed E-state index contributed by atoms with van der Waals surface area (Å²) in [6, 6.07) is 7.22. The van der Waals surface area contributed by atoms with Crippen LogP contribution in [0.15, 0.2) is 24.3 Å². The lowest BCUT2D eigenvalue weighted by Crippen LogP contribution is -2.48. The smallest absolute Gasteiger partial charge is 0.315 e. The number of carbonyl (C=O) groups is 1. The van der Waals surface area contributed by atoms with Crippen LogP contribution in [0.1, 0.15) is 24.8 Å². The van der Waals surface area contributed by atoms with Gasteiger partial charge in [0.25, 0.3) is 0 Å². The van der Waals surface area contributed by atoms with Crippen molar-refractivity contribution in [2.24, 2.45) is 0 Å². The molecule has 6 heteroatoms. The van der Waals surface area contributed by atoms with Crippen molar-refractivity contribution < 1.29 is 19.4 Å². The van der Waals surface area contributed by atoms with E-state index in [2.05, 4.69) is 10.6 Å². The van der Waals surface area contributed by atoms with Crippen LogP contribution in [0.25, 0.3) is 0 Å². The molecule has 0 unspecified atom stereocenters. The first-order valence-corrected chi connectivity index (χ1v) is 7.54. The summed E-state index contributed by atoms with van der Waals surface area (Å²) in [5, 5.41) is 14.9. The quantitative estimate of drug-likeness (QED) is 0.708. The van der Waals surface area contributed by atoms with Crippen LogP contribution in [-0.2, 0) is 4.74 Å². The van der Waals surface area contributed by atoms with Crippen LogP contribution in [0.5, 0.6) is 5.75 Å². The van der Waals surface area contributed by atoms with E-state index in [-0.39, 0.29) is 30.6 Å². The Balaban J connectivity index is 1.87. The van der Waals surface area contributed by atoms with E-state index in [4.69, 9.17) is 9.47 Å². The molecule has 2 amide bonds. The molecule has 0 spiro atoms. The van der Waals surface area contributed by atoms with Crippen molar-refractivity contribution in [3.05, 3.63) is 29.8 Å². The number of fused-ring (bicyclic) bond motifs is 1. The molecule has 6 nitrogen and oxygen atoms in total. The van der Waals surface area contributed by atoms with Crippen molar-refractivity contribution in [3.63, 3.8) is 0 Å². The summed E-state index contributed by atoms with van der Waals surface area (Å²) in [5.41, 5.74) is 1.12. The fourth-order valence-corrected chi connectivity index (χ4v) is 2.60. The molecule has 0 aromatic heterocycles. The zero-order valence-corrected chi connectivity index (χ0v) is 13.0. The molecular formula is C16H24N2O4. The molecule has 0 aliphatic carbocycles. The molecule has 3 N–H and O–H groups in total. The first-order valence-electron chi connectivity index (χ1n) is 7.54. The van der Waals surface area contributed by atoms with Gasteiger partial charge in [0.2, 0.25) is 0 Å². The molecule has 1 aromatic rings. The van der Waals surface area contributed by atoms with Crippen molar-refractivity contribution in [3.8, 4) is 5.75 Å². The lowest BCUT2D eigenvalue weighted by Gasteiger charge is -2.22. The lowest BCUT2D eigenvalue weighted by atomic mass is 9.94. The van der Waals surface area contributed by atoms with Gasteiger partial charge in [0.1, 0.15) is 5.75 Å². The molecule has 0 bridgehead atoms. The van der Waals surface area contributed by atoms with Crippen LogP contribution in [0.2, 0.25) is 0 Å². The van der Waals surface area contributed by atoms with Gasteiger partial charge in [-0.05, 0) is 19.4 Å². The Morgan fingerprint density at radius 1 is 1.45 bits per heavy atom. The number of carbonyl (C=O) groups excluding carboxylic acids is 1. The number of nitrogens with one attached hydrogen (secondary N) is 2. The molecule has 2 rings (SSSR count). The van der Waals surface area contributed by atoms with E-state index in [0.29, 0.717) is 19.6 Å². The van der Waals surface area contributed by atoms with Crippen LogP contribution in [-0.4, -0.2) is 50.2 Å². The van der Waals surface area contributed by atoms with E-state index >= 15 is 0 Å². The normalized spacial score (nSPS) is 19.0. The summed E-state index contributed by atoms with van der Waals surface area (Å²) in [5.74, 6) is 1.02. The summed E-state index contributed by atoms with van der Waals surface area (Å²) < 4.78 is 10.6. The van der Waals surface area contributed by atoms with Crippen molar-refractivity contribution in [2.75, 3.05) is 26.9 Å². The molecule has 1 aliphatic heterocycles. The molecule has 122 valence electrons. The van der Waals surface area contributed by atoms with Crippen molar-refractivity contribution in [2.45, 2.75) is 31.3 Å². The van der Waals surface area contributed by atoms with Gasteiger partial charge in [0, 0.05) is 31.2 Å². The second-order valence-electron chi connectivity index (χ2n) is 5.52. The lowest BCUT2D eigenvalue weighted by molar-refractivity contribution is 0.159. The number of benzene rings is 1. The molecule has 1 aliphatic rings. The predicted molar refractivity (Wildman–Crippen MR) is 83.2 cm³/mol. The van der Waals surface area contributed by atoms with E-state index in [9.17, 15) is 9.90 Å². The second-order valence-corrected chi connectivity index (χ2v) is 5.52. The summed E-state index contributed by atoms with van der Waals surface area (Å²) in [7, 11) is 1.59. The average Bonchev–Trinajstić information content (AvgIpc) is 2.95. The van der Waals surface area contributed by atoms with Crippen LogP contribution in [0.4, 0.5) is 4.79 Å². The molecule has 0 saturated heterocycles. The third-order valence-corrected chi connectivity index (χ3v) is 3.93. The van der Waals surface area contributed by atoms with Gasteiger partial charge in [-0.25, -0.2) is 4.79 Å². The molecule has 1 aromatic carbocycles. The highest BCUT2D eigenvalue weighted by Gasteiger charge is 2.29. The van der Waals surface area contributed by atoms with E-state index < -0.39 is 0 Å². The first-order chi connectivity index (χ1) is 10.7. The van der Waals surface area contributed by atoms with Crippen LogP contribution in [0, 0.1) is 0 Å². The van der Waals surface area contributed by atoms with E-state index in [1.165, 1.54) is 0 Å². The maximum Gasteiger partial charge on any atom is 0.315 e. The van der Waals surface area contributed by atoms with Gasteiger partial charge in [-0.2, -0.15) is 0 Å². The predicted octanol–water partition coefficient (Wildman–Crippen LogP) is 1.25. The van der Waals surface area contributed by atoms with Gasteiger partial charge in [-0.1, -0.05) is 18.2 Å². The Morgan fingerprint density at radius 2 is 2.23 bits per heavy atom. The number of urea groups is 1. The summed E-state index contributed by atoms with van der Waals surface area (Å²) in [6.45, 7) is 2.90. The monoisotopic (exact) mass is 308 g/mol. The van der Waals surface area contributed by atoms with Crippen LogP contribution in [0.3, 0.4) is 0 Å². The second kappa shape index (κ2) is 8.00. The standard InChI is InChI=1S/C16H24N2O4/c1-11(14-10-22-15-6-4-3-5-13(14)15)17-16(20)18-12(9-19)7-8-21-2/h3-6,11-12,14,19H,7-10H2,1-2H3,(H2,17,18,20)/t11-,12+,14-/m0/s1. The number of aliphatic hydroxyl groups is 1. The number of rotatable bonds is 7. The first kappa shape index (κ1) is 16.6. The summed E-state index contributed by atoms with van der Waals surface area (Å²) >= 11 is 0. The Bertz CT molecular complexity index is 495. The number of methoxy groups -OCH3 is 1. The molecule has 22 heavy (non-hydrogen) atoms. The topological polar surface area (TPSA) is 79.8 Å². The molecule has 0 saturated carbocycles. The Labute approximate surface area is 130 Å². The van der Waals surface area contributed by atoms with Gasteiger partial charge in [-0.15, -0.1) is 0 Å². The van der Waals surface area contributed by atoms with Crippen molar-refractivity contribution in [1.29, 1.82) is 0 Å². The minimum absolute atomic E-state index is 0.0644. The average molecular weight is 308 g/mol. The van der Waals surface area contributed by atoms with Gasteiger partial charge in [0.15, 0.2) is 0 Å². The minimum Gasteiger partial charge on any atom is -0.493 e. The summed E-state index contributed by atoms with van der Waals surface area (Å²) in [6.07, 6.45) is 0.574. The molecule has 0 radical (unpaired) electrons. The number of hydrogen-bond acceptors (Lipinski definition) is 4. The maximum atomic E-state index is 12.0. The van der Waals surface area contributed by atoms with Crippen molar-refractivity contribution in [1.82, 2.24) is 10.6 Å².